The molecule has 1 heterocycles. The number of nitriles is 1. The molecule has 9 heteroatoms. The molecule has 2 aromatic rings. The second-order valence-corrected chi connectivity index (χ2v) is 8.77. The van der Waals surface area contributed by atoms with Crippen LogP contribution in [0, 0.1) is 23.1 Å². The molecule has 3 rings (SSSR count). The molecule has 0 bridgehead atoms. The van der Waals surface area contributed by atoms with E-state index in [4.69, 9.17) is 16.9 Å². The quantitative estimate of drug-likeness (QED) is 0.819. The van der Waals surface area contributed by atoms with Gasteiger partial charge in [0.25, 0.3) is 0 Å². The van der Waals surface area contributed by atoms with Gasteiger partial charge in [0.15, 0.2) is 0 Å². The first-order valence-electron chi connectivity index (χ1n) is 8.57. The van der Waals surface area contributed by atoms with Gasteiger partial charge >= 0.3 is 0 Å². The summed E-state index contributed by atoms with van der Waals surface area (Å²) in [6.45, 7) is 0.401. The molecule has 1 amide bonds. The van der Waals surface area contributed by atoms with Crippen LogP contribution in [-0.4, -0.2) is 31.7 Å². The molecule has 2 aromatic carbocycles. The summed E-state index contributed by atoms with van der Waals surface area (Å²) >= 11 is 5.97. The average molecular weight is 422 g/mol. The fourth-order valence-corrected chi connectivity index (χ4v) is 4.73. The minimum absolute atomic E-state index is 0.0315. The molecule has 0 aliphatic carbocycles. The highest BCUT2D eigenvalue weighted by atomic mass is 35.5. The smallest absolute Gasteiger partial charge is 0.243 e. The van der Waals surface area contributed by atoms with E-state index in [1.165, 1.54) is 28.6 Å². The van der Waals surface area contributed by atoms with E-state index in [2.05, 4.69) is 5.32 Å². The fourth-order valence-electron chi connectivity index (χ4n) is 3.04. The van der Waals surface area contributed by atoms with Crippen molar-refractivity contribution in [3.05, 3.63) is 58.9 Å². The zero-order valence-electron chi connectivity index (χ0n) is 14.7. The Morgan fingerprint density at radius 3 is 2.39 bits per heavy atom. The van der Waals surface area contributed by atoms with Gasteiger partial charge in [0.1, 0.15) is 11.9 Å². The predicted octanol–water partition coefficient (Wildman–Crippen LogP) is 3.39. The largest absolute Gasteiger partial charge is 0.326 e. The molecule has 0 saturated carbocycles. The van der Waals surface area contributed by atoms with Gasteiger partial charge < -0.3 is 5.32 Å². The third-order valence-electron chi connectivity index (χ3n) is 4.63. The van der Waals surface area contributed by atoms with Crippen LogP contribution in [0.2, 0.25) is 5.02 Å². The molecule has 1 fully saturated rings. The highest BCUT2D eigenvalue weighted by Crippen LogP contribution is 2.26. The lowest BCUT2D eigenvalue weighted by Gasteiger charge is -2.30. The molecule has 0 atom stereocenters. The molecule has 0 radical (unpaired) electrons. The summed E-state index contributed by atoms with van der Waals surface area (Å²) in [6, 6.07) is 11.3. The molecule has 1 aliphatic heterocycles. The number of carbonyl (C=O) groups is 1. The van der Waals surface area contributed by atoms with Crippen LogP contribution in [0.3, 0.4) is 0 Å². The summed E-state index contributed by atoms with van der Waals surface area (Å²) in [7, 11) is -3.71. The highest BCUT2D eigenvalue weighted by Gasteiger charge is 2.32. The Balaban J connectivity index is 1.62. The zero-order valence-corrected chi connectivity index (χ0v) is 16.3. The Labute approximate surface area is 167 Å². The van der Waals surface area contributed by atoms with Gasteiger partial charge in [-0.05, 0) is 55.3 Å². The summed E-state index contributed by atoms with van der Waals surface area (Å²) in [6.07, 6.45) is 0.743. The first kappa shape index (κ1) is 20.3. The number of hydrogen-bond donors (Lipinski definition) is 1. The number of nitrogens with one attached hydrogen (secondary N) is 1. The third kappa shape index (κ3) is 4.33. The lowest BCUT2D eigenvalue weighted by molar-refractivity contribution is -0.120. The van der Waals surface area contributed by atoms with Crippen LogP contribution in [0.15, 0.2) is 47.4 Å². The Bertz CT molecular complexity index is 1030. The van der Waals surface area contributed by atoms with Gasteiger partial charge in [-0.25, -0.2) is 12.8 Å². The number of rotatable bonds is 4. The maximum atomic E-state index is 13.0. The van der Waals surface area contributed by atoms with E-state index in [-0.39, 0.29) is 34.8 Å². The van der Waals surface area contributed by atoms with Crippen molar-refractivity contribution in [2.45, 2.75) is 17.7 Å². The van der Waals surface area contributed by atoms with Crippen molar-refractivity contribution in [3.63, 3.8) is 0 Å². The Hall–Kier alpha value is -2.47. The van der Waals surface area contributed by atoms with E-state index >= 15 is 0 Å². The average Bonchev–Trinajstić information content (AvgIpc) is 2.68. The molecule has 0 aromatic heterocycles. The second-order valence-electron chi connectivity index (χ2n) is 6.43. The van der Waals surface area contributed by atoms with E-state index < -0.39 is 15.8 Å². The topological polar surface area (TPSA) is 90.3 Å². The monoisotopic (exact) mass is 421 g/mol. The molecular formula is C19H17ClFN3O3S. The molecular weight excluding hydrogens is 405 g/mol. The van der Waals surface area contributed by atoms with E-state index in [0.717, 1.165) is 12.1 Å². The van der Waals surface area contributed by atoms with Crippen LogP contribution in [-0.2, 0) is 14.8 Å². The minimum atomic E-state index is -3.71. The number of halogens is 2. The second kappa shape index (κ2) is 8.27. The van der Waals surface area contributed by atoms with Crippen molar-refractivity contribution in [2.24, 2.45) is 5.92 Å². The SMILES string of the molecule is N#Cc1ccc(NC(=O)C2CCN(S(=O)(=O)c3ccc(F)cc3)CC2)cc1Cl. The zero-order chi connectivity index (χ0) is 20.3. The van der Waals surface area contributed by atoms with Gasteiger partial charge in [-0.3, -0.25) is 4.79 Å². The molecule has 146 valence electrons. The Kier molecular flexibility index (Phi) is 5.98. The molecule has 1 aliphatic rings. The van der Waals surface area contributed by atoms with Crippen LogP contribution in [0.4, 0.5) is 10.1 Å². The number of anilines is 1. The number of carbonyl (C=O) groups excluding carboxylic acids is 1. The number of amides is 1. The highest BCUT2D eigenvalue weighted by molar-refractivity contribution is 7.89. The van der Waals surface area contributed by atoms with E-state index in [1.54, 1.807) is 6.07 Å². The molecule has 0 unspecified atom stereocenters. The minimum Gasteiger partial charge on any atom is -0.326 e. The number of hydrogen-bond acceptors (Lipinski definition) is 4. The summed E-state index contributed by atoms with van der Waals surface area (Å²) in [5.41, 5.74) is 0.800. The predicted molar refractivity (Wildman–Crippen MR) is 103 cm³/mol. The van der Waals surface area contributed by atoms with Crippen LogP contribution >= 0.6 is 11.6 Å². The van der Waals surface area contributed by atoms with Crippen molar-refractivity contribution in [2.75, 3.05) is 18.4 Å². The van der Waals surface area contributed by atoms with Crippen molar-refractivity contribution < 1.29 is 17.6 Å². The summed E-state index contributed by atoms with van der Waals surface area (Å²) in [5.74, 6) is -1.06. The lowest BCUT2D eigenvalue weighted by atomic mass is 9.97. The van der Waals surface area contributed by atoms with Crippen LogP contribution in [0.25, 0.3) is 0 Å². The van der Waals surface area contributed by atoms with E-state index in [1.807, 2.05) is 6.07 Å². The molecule has 0 spiro atoms. The summed E-state index contributed by atoms with van der Waals surface area (Å²) in [4.78, 5) is 12.5. The van der Waals surface area contributed by atoms with Gasteiger partial charge in [-0.15, -0.1) is 0 Å². The molecule has 1 saturated heterocycles. The van der Waals surface area contributed by atoms with Gasteiger partial charge in [0, 0.05) is 24.7 Å². The van der Waals surface area contributed by atoms with Crippen molar-refractivity contribution >= 4 is 33.2 Å². The number of benzene rings is 2. The van der Waals surface area contributed by atoms with Crippen molar-refractivity contribution in [3.8, 4) is 6.07 Å². The summed E-state index contributed by atoms with van der Waals surface area (Å²) in [5, 5.41) is 11.9. The standard InChI is InChI=1S/C19H17ClFN3O3S/c20-18-11-16(4-1-14(18)12-22)23-19(25)13-7-9-24(10-8-13)28(26,27)17-5-2-15(21)3-6-17/h1-6,11,13H,7-10H2,(H,23,25). The first-order valence-corrected chi connectivity index (χ1v) is 10.4. The van der Waals surface area contributed by atoms with Gasteiger partial charge in [-0.2, -0.15) is 9.57 Å². The molecule has 1 N–H and O–H groups in total. The Morgan fingerprint density at radius 2 is 1.82 bits per heavy atom. The van der Waals surface area contributed by atoms with Crippen LogP contribution < -0.4 is 5.32 Å². The fraction of sp³-hybridized carbons (Fsp3) is 0.263. The molecule has 28 heavy (non-hydrogen) atoms. The first-order chi connectivity index (χ1) is 13.3. The normalized spacial score (nSPS) is 15.8. The third-order valence-corrected chi connectivity index (χ3v) is 6.86. The number of sulfonamides is 1. The van der Waals surface area contributed by atoms with Crippen molar-refractivity contribution in [1.82, 2.24) is 4.31 Å². The lowest BCUT2D eigenvalue weighted by Crippen LogP contribution is -2.41. The number of nitrogens with zero attached hydrogens (tertiary/aromatic N) is 2. The van der Waals surface area contributed by atoms with Crippen molar-refractivity contribution in [1.29, 1.82) is 5.26 Å². The van der Waals surface area contributed by atoms with E-state index in [0.29, 0.717) is 24.1 Å². The summed E-state index contributed by atoms with van der Waals surface area (Å²) < 4.78 is 39.6. The Morgan fingerprint density at radius 1 is 1.18 bits per heavy atom. The van der Waals surface area contributed by atoms with E-state index in [9.17, 15) is 17.6 Å². The van der Waals surface area contributed by atoms with Crippen LogP contribution in [0.1, 0.15) is 18.4 Å². The van der Waals surface area contributed by atoms with Gasteiger partial charge in [0.2, 0.25) is 15.9 Å². The maximum absolute atomic E-state index is 13.0. The maximum Gasteiger partial charge on any atom is 0.243 e. The molecule has 6 nitrogen and oxygen atoms in total. The number of piperidine rings is 1. The van der Waals surface area contributed by atoms with Gasteiger partial charge in [0.05, 0.1) is 15.5 Å². The van der Waals surface area contributed by atoms with Crippen LogP contribution in [0.5, 0.6) is 0 Å². The van der Waals surface area contributed by atoms with Gasteiger partial charge in [-0.1, -0.05) is 11.6 Å².